The molecule has 4 nitrogen and oxygen atoms in total. The van der Waals surface area contributed by atoms with Crippen LogP contribution < -0.4 is 10.2 Å². The van der Waals surface area contributed by atoms with Crippen molar-refractivity contribution < 1.29 is 9.94 Å². The van der Waals surface area contributed by atoms with Crippen LogP contribution in [-0.4, -0.2) is 36.3 Å². The maximum absolute atomic E-state index is 8.85. The molecule has 2 rings (SSSR count). The lowest BCUT2D eigenvalue weighted by atomic mass is 9.97. The molecule has 0 bridgehead atoms. The molecule has 2 atom stereocenters. The summed E-state index contributed by atoms with van der Waals surface area (Å²) in [6.07, 6.45) is 1.35. The molecule has 0 radical (unpaired) electrons. The number of ether oxygens (including phenoxy) is 1. The van der Waals surface area contributed by atoms with Gasteiger partial charge < -0.3 is 9.64 Å². The van der Waals surface area contributed by atoms with Gasteiger partial charge >= 0.3 is 0 Å². The summed E-state index contributed by atoms with van der Waals surface area (Å²) in [4.78, 5) is 2.34. The van der Waals surface area contributed by atoms with Crippen LogP contribution in [0.1, 0.15) is 18.9 Å². The van der Waals surface area contributed by atoms with Crippen LogP contribution in [0.4, 0.5) is 5.69 Å². The van der Waals surface area contributed by atoms with Gasteiger partial charge in [0.2, 0.25) is 0 Å². The molecule has 1 fully saturated rings. The number of hydrogen-bond acceptors (Lipinski definition) is 4. The maximum Gasteiger partial charge on any atom is 0.122 e. The van der Waals surface area contributed by atoms with Gasteiger partial charge in [0.15, 0.2) is 0 Å². The van der Waals surface area contributed by atoms with Crippen LogP contribution in [0.5, 0.6) is 5.75 Å². The number of nitrogens with one attached hydrogen (secondary N) is 1. The molecule has 100 valence electrons. The lowest BCUT2D eigenvalue weighted by molar-refractivity contribution is 0.0634. The fourth-order valence-corrected chi connectivity index (χ4v) is 2.52. The lowest BCUT2D eigenvalue weighted by Gasteiger charge is -2.35. The summed E-state index contributed by atoms with van der Waals surface area (Å²) in [5.41, 5.74) is 3.88. The van der Waals surface area contributed by atoms with Crippen molar-refractivity contribution in [2.45, 2.75) is 26.4 Å². The Morgan fingerprint density at radius 1 is 1.44 bits per heavy atom. The lowest BCUT2D eigenvalue weighted by Crippen LogP contribution is -2.42. The predicted molar refractivity (Wildman–Crippen MR) is 72.3 cm³/mol. The Bertz CT molecular complexity index is 409. The summed E-state index contributed by atoms with van der Waals surface area (Å²) in [7, 11) is 2.15. The first-order valence-electron chi connectivity index (χ1n) is 6.46. The third-order valence-corrected chi connectivity index (χ3v) is 3.61. The predicted octanol–water partition coefficient (Wildman–Crippen LogP) is 2.52. The third-order valence-electron chi connectivity index (χ3n) is 3.61. The highest BCUT2D eigenvalue weighted by molar-refractivity contribution is 5.49. The van der Waals surface area contributed by atoms with Crippen molar-refractivity contribution in [3.63, 3.8) is 0 Å². The molecule has 0 aliphatic carbocycles. The van der Waals surface area contributed by atoms with E-state index < -0.39 is 0 Å². The molecular weight excluding hydrogens is 228 g/mol. The second-order valence-corrected chi connectivity index (χ2v) is 5.28. The average molecular weight is 250 g/mol. The highest BCUT2D eigenvalue weighted by Crippen LogP contribution is 2.27. The fraction of sp³-hybridized carbons (Fsp3) is 0.571. The second-order valence-electron chi connectivity index (χ2n) is 5.28. The van der Waals surface area contributed by atoms with E-state index in [1.54, 1.807) is 0 Å². The average Bonchev–Trinajstić information content (AvgIpc) is 2.34. The maximum atomic E-state index is 8.85. The van der Waals surface area contributed by atoms with Crippen LogP contribution in [-0.2, 0) is 0 Å². The standard InChI is InChI=1S/C14H22N2O2/c1-10-8-12(15-17)4-5-13(10)18-14-6-7-16(3)9-11(14)2/h4-5,8,11,14-15,17H,6-7,9H2,1-3H3. The molecule has 18 heavy (non-hydrogen) atoms. The smallest absolute Gasteiger partial charge is 0.122 e. The zero-order chi connectivity index (χ0) is 13.1. The van der Waals surface area contributed by atoms with Gasteiger partial charge in [-0.25, -0.2) is 0 Å². The van der Waals surface area contributed by atoms with Gasteiger partial charge in [0.05, 0.1) is 5.69 Å². The molecule has 0 amide bonds. The van der Waals surface area contributed by atoms with Gasteiger partial charge in [-0.1, -0.05) is 6.92 Å². The molecule has 1 heterocycles. The summed E-state index contributed by atoms with van der Waals surface area (Å²) in [6.45, 7) is 6.40. The zero-order valence-corrected chi connectivity index (χ0v) is 11.3. The van der Waals surface area contributed by atoms with E-state index in [0.29, 0.717) is 11.6 Å². The molecular formula is C14H22N2O2. The fourth-order valence-electron chi connectivity index (χ4n) is 2.52. The minimum Gasteiger partial charge on any atom is -0.490 e. The number of likely N-dealkylation sites (tertiary alicyclic amines) is 1. The van der Waals surface area contributed by atoms with Crippen molar-refractivity contribution in [1.29, 1.82) is 0 Å². The van der Waals surface area contributed by atoms with Crippen LogP contribution in [0.3, 0.4) is 0 Å². The van der Waals surface area contributed by atoms with Crippen LogP contribution in [0.2, 0.25) is 0 Å². The van der Waals surface area contributed by atoms with Crippen molar-refractivity contribution in [2.24, 2.45) is 5.92 Å². The molecule has 0 saturated carbocycles. The molecule has 1 aliphatic heterocycles. The summed E-state index contributed by atoms with van der Waals surface area (Å²) < 4.78 is 6.11. The third kappa shape index (κ3) is 2.94. The first-order valence-corrected chi connectivity index (χ1v) is 6.46. The van der Waals surface area contributed by atoms with Crippen molar-refractivity contribution in [1.82, 2.24) is 4.90 Å². The normalized spacial score (nSPS) is 24.9. The largest absolute Gasteiger partial charge is 0.490 e. The molecule has 0 aromatic heterocycles. The molecule has 1 aromatic carbocycles. The number of benzene rings is 1. The first kappa shape index (κ1) is 13.2. The van der Waals surface area contributed by atoms with Gasteiger partial charge in [-0.2, -0.15) is 0 Å². The summed E-state index contributed by atoms with van der Waals surface area (Å²) in [6, 6.07) is 5.62. The monoisotopic (exact) mass is 250 g/mol. The summed E-state index contributed by atoms with van der Waals surface area (Å²) in [5.74, 6) is 1.45. The van der Waals surface area contributed by atoms with Crippen LogP contribution in [0.25, 0.3) is 0 Å². The Morgan fingerprint density at radius 2 is 2.22 bits per heavy atom. The van der Waals surface area contributed by atoms with E-state index in [-0.39, 0.29) is 6.10 Å². The van der Waals surface area contributed by atoms with Crippen LogP contribution >= 0.6 is 0 Å². The van der Waals surface area contributed by atoms with Crippen LogP contribution in [0.15, 0.2) is 18.2 Å². The number of piperidine rings is 1. The highest BCUT2D eigenvalue weighted by Gasteiger charge is 2.26. The topological polar surface area (TPSA) is 44.7 Å². The van der Waals surface area contributed by atoms with Crippen molar-refractivity contribution in [2.75, 3.05) is 25.6 Å². The minimum absolute atomic E-state index is 0.285. The number of nitrogens with zero attached hydrogens (tertiary/aromatic N) is 1. The first-order chi connectivity index (χ1) is 8.60. The van der Waals surface area contributed by atoms with Crippen molar-refractivity contribution in [3.05, 3.63) is 23.8 Å². The van der Waals surface area contributed by atoms with Gasteiger partial charge in [0, 0.05) is 19.0 Å². The Kier molecular flexibility index (Phi) is 4.09. The SMILES string of the molecule is Cc1cc(NO)ccc1OC1CCN(C)CC1C. The van der Waals surface area contributed by atoms with E-state index in [2.05, 4.69) is 24.4 Å². The Hall–Kier alpha value is -1.26. The molecule has 2 unspecified atom stereocenters. The molecule has 1 aliphatic rings. The number of anilines is 1. The van der Waals surface area contributed by atoms with Crippen LogP contribution in [0, 0.1) is 12.8 Å². The molecule has 0 spiro atoms. The highest BCUT2D eigenvalue weighted by atomic mass is 16.5. The Labute approximate surface area is 109 Å². The molecule has 4 heteroatoms. The minimum atomic E-state index is 0.285. The Morgan fingerprint density at radius 3 is 2.83 bits per heavy atom. The molecule has 1 aromatic rings. The van der Waals surface area contributed by atoms with Gasteiger partial charge in [0.25, 0.3) is 0 Å². The van der Waals surface area contributed by atoms with Crippen molar-refractivity contribution >= 4 is 5.69 Å². The van der Waals surface area contributed by atoms with E-state index in [9.17, 15) is 0 Å². The second kappa shape index (κ2) is 5.59. The van der Waals surface area contributed by atoms with Gasteiger partial charge in [-0.05, 0) is 44.2 Å². The number of aryl methyl sites for hydroxylation is 1. The van der Waals surface area contributed by atoms with Gasteiger partial charge in [0.1, 0.15) is 11.9 Å². The molecule has 1 saturated heterocycles. The number of rotatable bonds is 3. The number of hydrogen-bond donors (Lipinski definition) is 2. The van der Waals surface area contributed by atoms with Gasteiger partial charge in [-0.3, -0.25) is 10.7 Å². The van der Waals surface area contributed by atoms with E-state index in [1.807, 2.05) is 25.1 Å². The van der Waals surface area contributed by atoms with E-state index in [1.165, 1.54) is 0 Å². The van der Waals surface area contributed by atoms with Crippen molar-refractivity contribution in [3.8, 4) is 5.75 Å². The summed E-state index contributed by atoms with van der Waals surface area (Å²) in [5, 5.41) is 8.85. The van der Waals surface area contributed by atoms with E-state index in [4.69, 9.17) is 9.94 Å². The van der Waals surface area contributed by atoms with E-state index >= 15 is 0 Å². The Balaban J connectivity index is 2.05. The van der Waals surface area contributed by atoms with E-state index in [0.717, 1.165) is 30.8 Å². The molecule has 2 N–H and O–H groups in total. The quantitative estimate of drug-likeness (QED) is 0.809. The summed E-state index contributed by atoms with van der Waals surface area (Å²) >= 11 is 0. The zero-order valence-electron chi connectivity index (χ0n) is 11.3. The van der Waals surface area contributed by atoms with Gasteiger partial charge in [-0.15, -0.1) is 0 Å².